The van der Waals surface area contributed by atoms with E-state index in [1.165, 1.54) is 6.07 Å². The number of hydrogen-bond donors (Lipinski definition) is 1. The van der Waals surface area contributed by atoms with Gasteiger partial charge in [-0.05, 0) is 51.8 Å². The van der Waals surface area contributed by atoms with Gasteiger partial charge in [-0.25, -0.2) is 4.79 Å². The predicted molar refractivity (Wildman–Crippen MR) is 109 cm³/mol. The van der Waals surface area contributed by atoms with Gasteiger partial charge in [0.15, 0.2) is 5.58 Å². The Morgan fingerprint density at radius 3 is 2.54 bits per heavy atom. The van der Waals surface area contributed by atoms with E-state index in [1.807, 2.05) is 46.8 Å². The minimum atomic E-state index is -0.810. The normalized spacial score (nSPS) is 24.2. The van der Waals surface area contributed by atoms with Gasteiger partial charge in [0.25, 0.3) is 0 Å². The van der Waals surface area contributed by atoms with Gasteiger partial charge in [-0.3, -0.25) is 0 Å². The largest absolute Gasteiger partial charge is 0.486 e. The number of hydrogen-bond acceptors (Lipinski definition) is 5. The smallest absolute Gasteiger partial charge is 0.336 e. The maximum absolute atomic E-state index is 12.3. The number of fused-ring (bicyclic) bond motifs is 6. The zero-order valence-corrected chi connectivity index (χ0v) is 17.4. The SMILES string of the molecule is CCCc1cc(=O)oc2c3c(c4c(c12)OC(C)(C)C=C4)OC(C)(C)[C@H](C)[C@H]3O. The lowest BCUT2D eigenvalue weighted by Crippen LogP contribution is -2.43. The van der Waals surface area contributed by atoms with Crippen LogP contribution in [0, 0.1) is 5.92 Å². The highest BCUT2D eigenvalue weighted by Crippen LogP contribution is 2.54. The zero-order valence-electron chi connectivity index (χ0n) is 17.4. The Morgan fingerprint density at radius 1 is 1.14 bits per heavy atom. The summed E-state index contributed by atoms with van der Waals surface area (Å²) in [7, 11) is 0. The third-order valence-electron chi connectivity index (χ3n) is 6.02. The van der Waals surface area contributed by atoms with E-state index in [1.54, 1.807) is 0 Å². The van der Waals surface area contributed by atoms with Gasteiger partial charge in [0.1, 0.15) is 22.7 Å². The molecule has 0 radical (unpaired) electrons. The molecule has 0 spiro atoms. The number of rotatable bonds is 2. The molecular formula is C23H28O5. The highest BCUT2D eigenvalue weighted by atomic mass is 16.5. The Hall–Kier alpha value is -2.27. The van der Waals surface area contributed by atoms with Crippen molar-refractivity contribution in [3.05, 3.63) is 39.3 Å². The summed E-state index contributed by atoms with van der Waals surface area (Å²) in [4.78, 5) is 12.3. The van der Waals surface area contributed by atoms with Crippen molar-refractivity contribution in [2.45, 2.75) is 71.7 Å². The molecule has 5 nitrogen and oxygen atoms in total. The number of aryl methyl sites for hydroxylation is 1. The fourth-order valence-electron chi connectivity index (χ4n) is 4.14. The first-order valence-corrected chi connectivity index (χ1v) is 9.97. The number of ether oxygens (including phenoxy) is 2. The van der Waals surface area contributed by atoms with Crippen molar-refractivity contribution in [3.8, 4) is 11.5 Å². The highest BCUT2D eigenvalue weighted by molar-refractivity contribution is 5.97. The summed E-state index contributed by atoms with van der Waals surface area (Å²) in [5.74, 6) is 1.03. The van der Waals surface area contributed by atoms with Crippen molar-refractivity contribution in [2.75, 3.05) is 0 Å². The lowest BCUT2D eigenvalue weighted by Gasteiger charge is -2.43. The van der Waals surface area contributed by atoms with Gasteiger partial charge in [0.2, 0.25) is 0 Å². The molecule has 1 N–H and O–H groups in total. The molecule has 2 aliphatic heterocycles. The van der Waals surface area contributed by atoms with Crippen LogP contribution < -0.4 is 15.1 Å². The summed E-state index contributed by atoms with van der Waals surface area (Å²) in [6.07, 6.45) is 4.78. The minimum absolute atomic E-state index is 0.175. The molecule has 0 bridgehead atoms. The first kappa shape index (κ1) is 19.1. The Kier molecular flexibility index (Phi) is 4.16. The number of benzene rings is 1. The van der Waals surface area contributed by atoms with E-state index in [2.05, 4.69) is 6.92 Å². The van der Waals surface area contributed by atoms with Crippen LogP contribution >= 0.6 is 0 Å². The third-order valence-corrected chi connectivity index (χ3v) is 6.02. The van der Waals surface area contributed by atoms with E-state index in [0.29, 0.717) is 22.6 Å². The zero-order chi connectivity index (χ0) is 20.4. The van der Waals surface area contributed by atoms with Gasteiger partial charge >= 0.3 is 5.63 Å². The summed E-state index contributed by atoms with van der Waals surface area (Å²) >= 11 is 0. The fraction of sp³-hybridized carbons (Fsp3) is 0.522. The summed E-state index contributed by atoms with van der Waals surface area (Å²) in [5, 5.41) is 11.9. The van der Waals surface area contributed by atoms with Crippen LogP contribution in [0.2, 0.25) is 0 Å². The molecule has 2 aromatic rings. The van der Waals surface area contributed by atoms with Crippen molar-refractivity contribution in [1.29, 1.82) is 0 Å². The van der Waals surface area contributed by atoms with E-state index in [9.17, 15) is 9.90 Å². The van der Waals surface area contributed by atoms with Crippen molar-refractivity contribution in [1.82, 2.24) is 0 Å². The van der Waals surface area contributed by atoms with Crippen LogP contribution in [0.5, 0.6) is 11.5 Å². The van der Waals surface area contributed by atoms with Gasteiger partial charge in [0.05, 0.1) is 22.6 Å². The van der Waals surface area contributed by atoms with Gasteiger partial charge in [-0.1, -0.05) is 20.3 Å². The molecule has 2 aliphatic rings. The second-order valence-electron chi connectivity index (χ2n) is 9.01. The molecule has 2 atom stereocenters. The Morgan fingerprint density at radius 2 is 1.86 bits per heavy atom. The van der Waals surface area contributed by atoms with Crippen LogP contribution in [0.3, 0.4) is 0 Å². The molecule has 0 aliphatic carbocycles. The van der Waals surface area contributed by atoms with Crippen LogP contribution in [0.15, 0.2) is 21.4 Å². The van der Waals surface area contributed by atoms with Crippen molar-refractivity contribution < 1.29 is 19.0 Å². The van der Waals surface area contributed by atoms with E-state index < -0.39 is 22.9 Å². The van der Waals surface area contributed by atoms with Gasteiger partial charge in [0, 0.05) is 12.0 Å². The number of aliphatic hydroxyl groups is 1. The molecule has 0 amide bonds. The van der Waals surface area contributed by atoms with Crippen LogP contribution in [0.4, 0.5) is 0 Å². The summed E-state index contributed by atoms with van der Waals surface area (Å²) in [6, 6.07) is 1.54. The van der Waals surface area contributed by atoms with E-state index in [-0.39, 0.29) is 5.92 Å². The topological polar surface area (TPSA) is 68.9 Å². The fourth-order valence-corrected chi connectivity index (χ4v) is 4.14. The monoisotopic (exact) mass is 384 g/mol. The van der Waals surface area contributed by atoms with Crippen LogP contribution in [-0.4, -0.2) is 16.3 Å². The summed E-state index contributed by atoms with van der Waals surface area (Å²) in [6.45, 7) is 11.9. The molecule has 0 fully saturated rings. The Balaban J connectivity index is 2.18. The van der Waals surface area contributed by atoms with E-state index in [0.717, 1.165) is 29.4 Å². The highest BCUT2D eigenvalue weighted by Gasteiger charge is 2.45. The van der Waals surface area contributed by atoms with Crippen LogP contribution in [0.25, 0.3) is 17.0 Å². The maximum atomic E-state index is 12.3. The average molecular weight is 384 g/mol. The molecule has 1 aromatic heterocycles. The van der Waals surface area contributed by atoms with E-state index in [4.69, 9.17) is 13.9 Å². The first-order valence-electron chi connectivity index (χ1n) is 9.97. The molecule has 28 heavy (non-hydrogen) atoms. The lowest BCUT2D eigenvalue weighted by molar-refractivity contribution is -0.0448. The second kappa shape index (κ2) is 6.11. The first-order chi connectivity index (χ1) is 13.1. The van der Waals surface area contributed by atoms with Gasteiger partial charge in [-0.2, -0.15) is 0 Å². The molecular weight excluding hydrogens is 356 g/mol. The molecule has 0 saturated carbocycles. The molecule has 5 heteroatoms. The van der Waals surface area contributed by atoms with Crippen molar-refractivity contribution in [2.24, 2.45) is 5.92 Å². The predicted octanol–water partition coefficient (Wildman–Crippen LogP) is 4.77. The van der Waals surface area contributed by atoms with Gasteiger partial charge in [-0.15, -0.1) is 0 Å². The summed E-state index contributed by atoms with van der Waals surface area (Å²) in [5.41, 5.74) is 1.11. The van der Waals surface area contributed by atoms with Gasteiger partial charge < -0.3 is 19.0 Å². The molecule has 3 heterocycles. The number of aliphatic hydroxyl groups excluding tert-OH is 1. The van der Waals surface area contributed by atoms with Crippen molar-refractivity contribution in [3.63, 3.8) is 0 Å². The minimum Gasteiger partial charge on any atom is -0.486 e. The maximum Gasteiger partial charge on any atom is 0.336 e. The lowest BCUT2D eigenvalue weighted by atomic mass is 9.79. The average Bonchev–Trinajstić information content (AvgIpc) is 2.58. The molecule has 4 rings (SSSR count). The quantitative estimate of drug-likeness (QED) is 0.756. The molecule has 0 saturated heterocycles. The van der Waals surface area contributed by atoms with E-state index >= 15 is 0 Å². The molecule has 0 unspecified atom stereocenters. The van der Waals surface area contributed by atoms with Crippen LogP contribution in [-0.2, 0) is 6.42 Å². The Labute approximate surface area is 165 Å². The second-order valence-corrected chi connectivity index (χ2v) is 9.01. The molecule has 1 aromatic carbocycles. The summed E-state index contributed by atoms with van der Waals surface area (Å²) < 4.78 is 18.4. The standard InChI is InChI=1S/C23H28O5/c1-7-8-13-11-15(24)26-21-16(13)19-14(9-10-22(3,4)27-19)20-17(21)18(25)12(2)23(5,6)28-20/h9-12,18,25H,7-8H2,1-6H3/t12-,18-/m1/s1. The molecule has 150 valence electrons. The Bertz CT molecular complexity index is 1040. The van der Waals surface area contributed by atoms with Crippen molar-refractivity contribution >= 4 is 17.0 Å². The van der Waals surface area contributed by atoms with Crippen LogP contribution in [0.1, 0.15) is 70.8 Å². The third kappa shape index (κ3) is 2.75.